The molecule has 18 heavy (non-hydrogen) atoms. The second-order valence-electron chi connectivity index (χ2n) is 3.25. The molecule has 0 saturated heterocycles. The number of urea groups is 1. The van der Waals surface area contributed by atoms with Gasteiger partial charge in [-0.1, -0.05) is 6.08 Å². The average molecular weight is 276 g/mol. The van der Waals surface area contributed by atoms with Gasteiger partial charge in [-0.2, -0.15) is 11.8 Å². The summed E-state index contributed by atoms with van der Waals surface area (Å²) in [6.45, 7) is 3.90. The third kappa shape index (κ3) is 8.45. The maximum Gasteiger partial charge on any atom is 0.326 e. The lowest BCUT2D eigenvalue weighted by atomic mass is 10.2. The van der Waals surface area contributed by atoms with Crippen LogP contribution < -0.4 is 10.6 Å². The lowest BCUT2D eigenvalue weighted by molar-refractivity contribution is -0.145. The van der Waals surface area contributed by atoms with E-state index in [0.29, 0.717) is 12.3 Å². The highest BCUT2D eigenvalue weighted by Crippen LogP contribution is 1.97. The van der Waals surface area contributed by atoms with E-state index in [4.69, 9.17) is 10.2 Å². The summed E-state index contributed by atoms with van der Waals surface area (Å²) < 4.78 is 0. The number of carboxylic acids is 2. The van der Waals surface area contributed by atoms with Crippen LogP contribution in [0.2, 0.25) is 0 Å². The van der Waals surface area contributed by atoms with Crippen molar-refractivity contribution >= 4 is 29.7 Å². The van der Waals surface area contributed by atoms with Crippen molar-refractivity contribution in [3.8, 4) is 0 Å². The second-order valence-corrected chi connectivity index (χ2v) is 4.40. The lowest BCUT2D eigenvalue weighted by Gasteiger charge is -2.13. The summed E-state index contributed by atoms with van der Waals surface area (Å²) in [5.74, 6) is -1.24. The Hall–Kier alpha value is -1.70. The number of nitrogens with one attached hydrogen (secondary N) is 2. The van der Waals surface area contributed by atoms with Gasteiger partial charge in [0.15, 0.2) is 0 Å². The first-order chi connectivity index (χ1) is 8.47. The summed E-state index contributed by atoms with van der Waals surface area (Å²) in [5, 5.41) is 21.7. The standard InChI is InChI=1S/C10H16N2O5S/c1-2-4-18-5-3-11-10(17)12-7(9(15)16)6-8(13)14/h2,7H,1,3-6H2,(H,13,14)(H,15,16)(H2,11,12,17)/t7-/m1/s1. The van der Waals surface area contributed by atoms with Gasteiger partial charge in [-0.25, -0.2) is 9.59 Å². The van der Waals surface area contributed by atoms with E-state index in [0.717, 1.165) is 5.75 Å². The van der Waals surface area contributed by atoms with Gasteiger partial charge < -0.3 is 20.8 Å². The molecular weight excluding hydrogens is 260 g/mol. The number of aliphatic carboxylic acids is 2. The molecule has 0 radical (unpaired) electrons. The summed E-state index contributed by atoms with van der Waals surface area (Å²) in [6.07, 6.45) is 1.08. The molecule has 2 amide bonds. The zero-order chi connectivity index (χ0) is 14.0. The van der Waals surface area contributed by atoms with E-state index in [-0.39, 0.29) is 0 Å². The normalized spacial score (nSPS) is 11.3. The molecule has 0 fully saturated rings. The van der Waals surface area contributed by atoms with Crippen LogP contribution in [-0.4, -0.2) is 52.3 Å². The number of thioether (sulfide) groups is 1. The highest BCUT2D eigenvalue weighted by molar-refractivity contribution is 7.99. The number of hydrogen-bond acceptors (Lipinski definition) is 4. The molecule has 0 spiro atoms. The first-order valence-corrected chi connectivity index (χ1v) is 6.30. The first kappa shape index (κ1) is 16.3. The summed E-state index contributed by atoms with van der Waals surface area (Å²) in [7, 11) is 0. The van der Waals surface area contributed by atoms with Crippen LogP contribution in [0.4, 0.5) is 4.79 Å². The molecule has 0 aliphatic heterocycles. The Balaban J connectivity index is 3.91. The van der Waals surface area contributed by atoms with Gasteiger partial charge in [0.25, 0.3) is 0 Å². The zero-order valence-electron chi connectivity index (χ0n) is 9.72. The lowest BCUT2D eigenvalue weighted by Crippen LogP contribution is -2.47. The fourth-order valence-electron chi connectivity index (χ4n) is 0.987. The zero-order valence-corrected chi connectivity index (χ0v) is 10.5. The van der Waals surface area contributed by atoms with Crippen molar-refractivity contribution in [2.45, 2.75) is 12.5 Å². The SMILES string of the molecule is C=CCSCCNC(=O)N[C@H](CC(=O)O)C(=O)O. The number of carboxylic acid groups (broad SMARTS) is 2. The van der Waals surface area contributed by atoms with Gasteiger partial charge in [0, 0.05) is 18.1 Å². The maximum absolute atomic E-state index is 11.3. The van der Waals surface area contributed by atoms with Gasteiger partial charge in [0.2, 0.25) is 0 Å². The molecule has 1 atom stereocenters. The van der Waals surface area contributed by atoms with E-state index in [9.17, 15) is 14.4 Å². The first-order valence-electron chi connectivity index (χ1n) is 5.15. The summed E-state index contributed by atoms with van der Waals surface area (Å²) in [6, 6.07) is -2.12. The molecule has 8 heteroatoms. The molecule has 102 valence electrons. The third-order valence-corrected chi connectivity index (χ3v) is 2.71. The third-order valence-electron chi connectivity index (χ3n) is 1.75. The van der Waals surface area contributed by atoms with Crippen LogP contribution in [0.5, 0.6) is 0 Å². The Morgan fingerprint density at radius 2 is 2.00 bits per heavy atom. The molecule has 4 N–H and O–H groups in total. The summed E-state index contributed by atoms with van der Waals surface area (Å²) in [4.78, 5) is 32.3. The Bertz CT molecular complexity index is 321. The minimum Gasteiger partial charge on any atom is -0.481 e. The smallest absolute Gasteiger partial charge is 0.326 e. The molecule has 0 aromatic carbocycles. The Morgan fingerprint density at radius 3 is 2.50 bits per heavy atom. The van der Waals surface area contributed by atoms with Crippen molar-refractivity contribution < 1.29 is 24.6 Å². The molecular formula is C10H16N2O5S. The fourth-order valence-corrected chi connectivity index (χ4v) is 1.57. The predicted octanol–water partition coefficient (Wildman–Crippen LogP) is 0.133. The van der Waals surface area contributed by atoms with E-state index in [1.165, 1.54) is 0 Å². The van der Waals surface area contributed by atoms with Crippen molar-refractivity contribution in [3.63, 3.8) is 0 Å². The summed E-state index contributed by atoms with van der Waals surface area (Å²) in [5.41, 5.74) is 0. The Labute approximate surface area is 109 Å². The average Bonchev–Trinajstić information content (AvgIpc) is 2.27. The molecule has 7 nitrogen and oxygen atoms in total. The molecule has 0 bridgehead atoms. The monoisotopic (exact) mass is 276 g/mol. The van der Waals surface area contributed by atoms with Crippen LogP contribution in [0.25, 0.3) is 0 Å². The Morgan fingerprint density at radius 1 is 1.33 bits per heavy atom. The molecule has 0 aliphatic carbocycles. The van der Waals surface area contributed by atoms with Gasteiger partial charge in [-0.05, 0) is 0 Å². The van der Waals surface area contributed by atoms with E-state index >= 15 is 0 Å². The van der Waals surface area contributed by atoms with Crippen molar-refractivity contribution in [1.82, 2.24) is 10.6 Å². The van der Waals surface area contributed by atoms with Crippen molar-refractivity contribution in [3.05, 3.63) is 12.7 Å². The van der Waals surface area contributed by atoms with E-state index in [1.807, 2.05) is 0 Å². The quantitative estimate of drug-likeness (QED) is 0.351. The van der Waals surface area contributed by atoms with Crippen LogP contribution >= 0.6 is 11.8 Å². The van der Waals surface area contributed by atoms with Gasteiger partial charge in [-0.15, -0.1) is 6.58 Å². The fraction of sp³-hybridized carbons (Fsp3) is 0.500. The van der Waals surface area contributed by atoms with Crippen LogP contribution in [0.15, 0.2) is 12.7 Å². The van der Waals surface area contributed by atoms with Gasteiger partial charge >= 0.3 is 18.0 Å². The number of amides is 2. The molecule has 0 aliphatic rings. The second kappa shape index (κ2) is 9.34. The van der Waals surface area contributed by atoms with Crippen molar-refractivity contribution in [2.24, 2.45) is 0 Å². The van der Waals surface area contributed by atoms with Crippen molar-refractivity contribution in [1.29, 1.82) is 0 Å². The topological polar surface area (TPSA) is 116 Å². The van der Waals surface area contributed by atoms with E-state index < -0.39 is 30.4 Å². The molecule has 0 rings (SSSR count). The minimum atomic E-state index is -1.43. The number of carbonyl (C=O) groups excluding carboxylic acids is 1. The summed E-state index contributed by atoms with van der Waals surface area (Å²) >= 11 is 1.56. The molecule has 0 unspecified atom stereocenters. The molecule has 0 saturated carbocycles. The molecule has 0 aromatic rings. The van der Waals surface area contributed by atoms with Crippen LogP contribution in [0.3, 0.4) is 0 Å². The predicted molar refractivity (Wildman–Crippen MR) is 67.7 cm³/mol. The number of hydrogen-bond donors (Lipinski definition) is 4. The minimum absolute atomic E-state index is 0.365. The van der Waals surface area contributed by atoms with Crippen LogP contribution in [-0.2, 0) is 9.59 Å². The van der Waals surface area contributed by atoms with E-state index in [1.54, 1.807) is 17.8 Å². The van der Waals surface area contributed by atoms with E-state index in [2.05, 4.69) is 17.2 Å². The molecule has 0 aromatic heterocycles. The van der Waals surface area contributed by atoms with Gasteiger partial charge in [0.1, 0.15) is 6.04 Å². The number of carbonyl (C=O) groups is 3. The highest BCUT2D eigenvalue weighted by atomic mass is 32.2. The van der Waals surface area contributed by atoms with Crippen LogP contribution in [0, 0.1) is 0 Å². The number of rotatable bonds is 9. The largest absolute Gasteiger partial charge is 0.481 e. The van der Waals surface area contributed by atoms with Gasteiger partial charge in [0.05, 0.1) is 6.42 Å². The van der Waals surface area contributed by atoms with Crippen LogP contribution in [0.1, 0.15) is 6.42 Å². The highest BCUT2D eigenvalue weighted by Gasteiger charge is 2.22. The molecule has 0 heterocycles. The van der Waals surface area contributed by atoms with Crippen molar-refractivity contribution in [2.75, 3.05) is 18.1 Å². The maximum atomic E-state index is 11.3. The van der Waals surface area contributed by atoms with Gasteiger partial charge in [-0.3, -0.25) is 4.79 Å². The Kier molecular flexibility index (Phi) is 8.46.